The van der Waals surface area contributed by atoms with Crippen molar-refractivity contribution in [2.75, 3.05) is 0 Å². The van der Waals surface area contributed by atoms with E-state index < -0.39 is 5.97 Å². The van der Waals surface area contributed by atoms with E-state index in [1.807, 2.05) is 35.0 Å². The molecule has 0 fully saturated rings. The zero-order chi connectivity index (χ0) is 14.7. The van der Waals surface area contributed by atoms with Gasteiger partial charge in [0.1, 0.15) is 0 Å². The molecule has 2 aromatic rings. The van der Waals surface area contributed by atoms with Crippen molar-refractivity contribution in [2.45, 2.75) is 32.1 Å². The predicted molar refractivity (Wildman–Crippen MR) is 81.5 cm³/mol. The van der Waals surface area contributed by atoms with E-state index in [9.17, 15) is 4.79 Å². The normalized spacial score (nSPS) is 13.7. The quantitative estimate of drug-likeness (QED) is 0.916. The highest BCUT2D eigenvalue weighted by atomic mass is 16.4. The van der Waals surface area contributed by atoms with Crippen LogP contribution in [-0.4, -0.2) is 20.9 Å². The van der Waals surface area contributed by atoms with E-state index in [4.69, 9.17) is 10.2 Å². The molecule has 0 amide bonds. The molecule has 4 heteroatoms. The first-order chi connectivity index (χ1) is 10.3. The average Bonchev–Trinajstić information content (AvgIpc) is 3.07. The van der Waals surface area contributed by atoms with Crippen molar-refractivity contribution in [3.63, 3.8) is 0 Å². The van der Waals surface area contributed by atoms with Gasteiger partial charge < -0.3 is 5.11 Å². The molecule has 1 aromatic carbocycles. The molecule has 0 saturated carbocycles. The largest absolute Gasteiger partial charge is 0.481 e. The Morgan fingerprint density at radius 3 is 2.86 bits per heavy atom. The van der Waals surface area contributed by atoms with Gasteiger partial charge in [-0.15, -0.1) is 0 Å². The van der Waals surface area contributed by atoms with Gasteiger partial charge in [0.25, 0.3) is 0 Å². The Kier molecular flexibility index (Phi) is 3.86. The zero-order valence-corrected chi connectivity index (χ0v) is 11.8. The number of aliphatic carboxylic acids is 1. The van der Waals surface area contributed by atoms with Gasteiger partial charge in [0.05, 0.1) is 11.4 Å². The molecule has 1 N–H and O–H groups in total. The zero-order valence-electron chi connectivity index (χ0n) is 11.8. The lowest BCUT2D eigenvalue weighted by Gasteiger charge is -2.04. The number of hydrogen-bond acceptors (Lipinski definition) is 2. The number of carboxylic acids is 1. The van der Waals surface area contributed by atoms with E-state index >= 15 is 0 Å². The van der Waals surface area contributed by atoms with Crippen LogP contribution in [0.5, 0.6) is 0 Å². The molecule has 1 aromatic heterocycles. The predicted octanol–water partition coefficient (Wildman–Crippen LogP) is 3.24. The van der Waals surface area contributed by atoms with Crippen LogP contribution >= 0.6 is 0 Å². The van der Waals surface area contributed by atoms with Gasteiger partial charge >= 0.3 is 5.97 Å². The monoisotopic (exact) mass is 282 g/mol. The topological polar surface area (TPSA) is 55.1 Å². The third-order valence-electron chi connectivity index (χ3n) is 3.76. The SMILES string of the molecule is O=C(O)CCC=Cc1nn(-c2ccccc2)c2c1CCC2. The van der Waals surface area contributed by atoms with Crippen LogP contribution in [-0.2, 0) is 17.6 Å². The van der Waals surface area contributed by atoms with E-state index in [0.29, 0.717) is 6.42 Å². The molecule has 0 aliphatic heterocycles. The van der Waals surface area contributed by atoms with Crippen molar-refractivity contribution in [1.29, 1.82) is 0 Å². The summed E-state index contributed by atoms with van der Waals surface area (Å²) in [6.45, 7) is 0. The number of para-hydroxylation sites is 1. The first-order valence-corrected chi connectivity index (χ1v) is 7.30. The Hall–Kier alpha value is -2.36. The van der Waals surface area contributed by atoms with Gasteiger partial charge in [-0.1, -0.05) is 24.3 Å². The lowest BCUT2D eigenvalue weighted by Crippen LogP contribution is -2.00. The molecule has 108 valence electrons. The van der Waals surface area contributed by atoms with Gasteiger partial charge in [0, 0.05) is 17.7 Å². The molecule has 1 heterocycles. The number of rotatable bonds is 5. The van der Waals surface area contributed by atoms with E-state index in [1.165, 1.54) is 11.3 Å². The smallest absolute Gasteiger partial charge is 0.303 e. The average molecular weight is 282 g/mol. The van der Waals surface area contributed by atoms with Gasteiger partial charge in [0.15, 0.2) is 0 Å². The highest BCUT2D eigenvalue weighted by molar-refractivity contribution is 5.67. The van der Waals surface area contributed by atoms with Crippen LogP contribution in [0.25, 0.3) is 11.8 Å². The highest BCUT2D eigenvalue weighted by Crippen LogP contribution is 2.28. The van der Waals surface area contributed by atoms with Crippen LogP contribution in [0.2, 0.25) is 0 Å². The van der Waals surface area contributed by atoms with Gasteiger partial charge in [-0.3, -0.25) is 4.79 Å². The fourth-order valence-electron chi connectivity index (χ4n) is 2.78. The fourth-order valence-corrected chi connectivity index (χ4v) is 2.78. The van der Waals surface area contributed by atoms with Crippen LogP contribution in [0.4, 0.5) is 0 Å². The maximum Gasteiger partial charge on any atom is 0.303 e. The third kappa shape index (κ3) is 2.89. The van der Waals surface area contributed by atoms with E-state index in [2.05, 4.69) is 12.1 Å². The first-order valence-electron chi connectivity index (χ1n) is 7.30. The molecule has 21 heavy (non-hydrogen) atoms. The number of carboxylic acid groups (broad SMARTS) is 1. The van der Waals surface area contributed by atoms with Gasteiger partial charge in [-0.05, 0) is 43.9 Å². The molecular weight excluding hydrogens is 264 g/mol. The van der Waals surface area contributed by atoms with Gasteiger partial charge in [0.2, 0.25) is 0 Å². The maximum absolute atomic E-state index is 10.5. The summed E-state index contributed by atoms with van der Waals surface area (Å²) in [4.78, 5) is 10.5. The van der Waals surface area contributed by atoms with Crippen molar-refractivity contribution in [3.8, 4) is 5.69 Å². The summed E-state index contributed by atoms with van der Waals surface area (Å²) in [6, 6.07) is 10.1. The van der Waals surface area contributed by atoms with Crippen LogP contribution in [0, 0.1) is 0 Å². The summed E-state index contributed by atoms with van der Waals surface area (Å²) in [5.41, 5.74) is 4.67. The third-order valence-corrected chi connectivity index (χ3v) is 3.76. The van der Waals surface area contributed by atoms with Crippen LogP contribution in [0.15, 0.2) is 36.4 Å². The van der Waals surface area contributed by atoms with Crippen molar-refractivity contribution < 1.29 is 9.90 Å². The van der Waals surface area contributed by atoms with E-state index in [-0.39, 0.29) is 6.42 Å². The summed E-state index contributed by atoms with van der Waals surface area (Å²) in [7, 11) is 0. The Bertz CT molecular complexity index is 672. The Morgan fingerprint density at radius 1 is 1.29 bits per heavy atom. The van der Waals surface area contributed by atoms with E-state index in [0.717, 1.165) is 30.6 Å². The standard InChI is InChI=1S/C17H18N2O2/c20-17(21)12-5-4-10-15-14-9-6-11-16(14)19(18-15)13-7-2-1-3-8-13/h1-4,7-8,10H,5-6,9,11-12H2,(H,20,21). The summed E-state index contributed by atoms with van der Waals surface area (Å²) in [5.74, 6) is -0.764. The molecule has 1 aliphatic carbocycles. The molecule has 0 unspecified atom stereocenters. The van der Waals surface area contributed by atoms with Gasteiger partial charge in [-0.25, -0.2) is 4.68 Å². The number of hydrogen-bond donors (Lipinski definition) is 1. The number of carbonyl (C=O) groups is 1. The minimum Gasteiger partial charge on any atom is -0.481 e. The number of aromatic nitrogens is 2. The lowest BCUT2D eigenvalue weighted by molar-refractivity contribution is -0.136. The van der Waals surface area contributed by atoms with Crippen LogP contribution in [0.1, 0.15) is 36.2 Å². The van der Waals surface area contributed by atoms with Crippen LogP contribution in [0.3, 0.4) is 0 Å². The summed E-state index contributed by atoms with van der Waals surface area (Å²) in [5, 5.41) is 13.4. The van der Waals surface area contributed by atoms with Crippen molar-refractivity contribution in [3.05, 3.63) is 53.4 Å². The molecule has 0 saturated heterocycles. The number of fused-ring (bicyclic) bond motifs is 1. The minimum absolute atomic E-state index is 0.165. The molecule has 4 nitrogen and oxygen atoms in total. The van der Waals surface area contributed by atoms with Crippen molar-refractivity contribution in [1.82, 2.24) is 9.78 Å². The molecule has 3 rings (SSSR count). The summed E-state index contributed by atoms with van der Waals surface area (Å²) in [6.07, 6.45) is 7.86. The Morgan fingerprint density at radius 2 is 2.10 bits per heavy atom. The van der Waals surface area contributed by atoms with Gasteiger partial charge in [-0.2, -0.15) is 5.10 Å². The fraction of sp³-hybridized carbons (Fsp3) is 0.294. The second-order valence-electron chi connectivity index (χ2n) is 5.25. The number of allylic oxidation sites excluding steroid dienone is 1. The van der Waals surface area contributed by atoms with Crippen LogP contribution < -0.4 is 0 Å². The first kappa shape index (κ1) is 13.6. The summed E-state index contributed by atoms with van der Waals surface area (Å²) >= 11 is 0. The Labute approximate surface area is 123 Å². The van der Waals surface area contributed by atoms with E-state index in [1.54, 1.807) is 0 Å². The minimum atomic E-state index is -0.764. The van der Waals surface area contributed by atoms with Crippen molar-refractivity contribution >= 4 is 12.0 Å². The molecule has 0 atom stereocenters. The number of nitrogens with zero attached hydrogens (tertiary/aromatic N) is 2. The molecule has 0 spiro atoms. The number of benzene rings is 1. The maximum atomic E-state index is 10.5. The highest BCUT2D eigenvalue weighted by Gasteiger charge is 2.21. The lowest BCUT2D eigenvalue weighted by atomic mass is 10.1. The second-order valence-corrected chi connectivity index (χ2v) is 5.25. The molecule has 1 aliphatic rings. The summed E-state index contributed by atoms with van der Waals surface area (Å²) < 4.78 is 2.03. The second kappa shape index (κ2) is 5.95. The van der Waals surface area contributed by atoms with Crippen molar-refractivity contribution in [2.24, 2.45) is 0 Å². The molecule has 0 bridgehead atoms. The Balaban J connectivity index is 1.88. The molecular formula is C17H18N2O2. The molecule has 0 radical (unpaired) electrons.